The maximum Gasteiger partial charge on any atom is 0.192 e. The fourth-order valence-electron chi connectivity index (χ4n) is 0.725. The summed E-state index contributed by atoms with van der Waals surface area (Å²) in [5.74, 6) is 0. The summed E-state index contributed by atoms with van der Waals surface area (Å²) in [6, 6.07) is 4.93. The molecule has 0 aromatic carbocycles. The van der Waals surface area contributed by atoms with E-state index >= 15 is 0 Å². The van der Waals surface area contributed by atoms with Crippen LogP contribution in [0.3, 0.4) is 0 Å². The summed E-state index contributed by atoms with van der Waals surface area (Å²) >= 11 is 0. The first-order chi connectivity index (χ1) is 5.00. The Morgan fingerprint density at radius 1 is 1.36 bits per heavy atom. The van der Waals surface area contributed by atoms with Gasteiger partial charge in [-0.05, 0) is 19.1 Å². The minimum absolute atomic E-state index is 0.137. The number of sulfone groups is 1. The highest BCUT2D eigenvalue weighted by Gasteiger charge is 2.06. The summed E-state index contributed by atoms with van der Waals surface area (Å²) in [4.78, 5) is 3.86. The maximum absolute atomic E-state index is 10.9. The topological polar surface area (TPSA) is 47.0 Å². The Hall–Kier alpha value is -0.900. The van der Waals surface area contributed by atoms with Crippen LogP contribution in [0.2, 0.25) is 0 Å². The van der Waals surface area contributed by atoms with Gasteiger partial charge in [0, 0.05) is 11.9 Å². The second-order valence-corrected chi connectivity index (χ2v) is 4.35. The van der Waals surface area contributed by atoms with Gasteiger partial charge in [-0.1, -0.05) is 6.07 Å². The Morgan fingerprint density at radius 2 is 2.00 bits per heavy atom. The molecule has 0 aliphatic carbocycles. The van der Waals surface area contributed by atoms with Crippen molar-refractivity contribution in [3.05, 3.63) is 23.9 Å². The van der Waals surface area contributed by atoms with Gasteiger partial charge in [-0.2, -0.15) is 0 Å². The summed E-state index contributed by atoms with van der Waals surface area (Å²) in [7, 11) is -3.14. The predicted octanol–water partition coefficient (Wildman–Crippen LogP) is 0.794. The van der Waals surface area contributed by atoms with Crippen molar-refractivity contribution in [1.29, 1.82) is 0 Å². The van der Waals surface area contributed by atoms with E-state index in [9.17, 15) is 8.42 Å². The Bertz CT molecular complexity index is 356. The number of rotatable bonds is 1. The van der Waals surface area contributed by atoms with Gasteiger partial charge in [0.05, 0.1) is 0 Å². The van der Waals surface area contributed by atoms with E-state index in [-0.39, 0.29) is 5.03 Å². The van der Waals surface area contributed by atoms with Crippen molar-refractivity contribution >= 4 is 9.84 Å². The van der Waals surface area contributed by atoms with Crippen LogP contribution in [0.25, 0.3) is 0 Å². The molecule has 1 rings (SSSR count). The van der Waals surface area contributed by atoms with Crippen molar-refractivity contribution in [3.63, 3.8) is 0 Å². The van der Waals surface area contributed by atoms with E-state index in [1.54, 1.807) is 19.1 Å². The van der Waals surface area contributed by atoms with Crippen LogP contribution in [0.1, 0.15) is 5.69 Å². The second kappa shape index (κ2) is 2.62. The van der Waals surface area contributed by atoms with Crippen LogP contribution in [0.15, 0.2) is 23.2 Å². The highest BCUT2D eigenvalue weighted by Crippen LogP contribution is 2.04. The van der Waals surface area contributed by atoms with Crippen molar-refractivity contribution in [3.8, 4) is 0 Å². The molecule has 0 N–H and O–H groups in total. The van der Waals surface area contributed by atoms with Crippen LogP contribution in [0, 0.1) is 6.92 Å². The minimum atomic E-state index is -3.14. The fraction of sp³-hybridized carbons (Fsp3) is 0.286. The molecule has 4 heteroatoms. The van der Waals surface area contributed by atoms with Crippen molar-refractivity contribution in [2.45, 2.75) is 11.9 Å². The molecule has 0 fully saturated rings. The van der Waals surface area contributed by atoms with Gasteiger partial charge in [-0.25, -0.2) is 13.4 Å². The number of pyridine rings is 1. The molecular weight excluding hydrogens is 162 g/mol. The van der Waals surface area contributed by atoms with Crippen molar-refractivity contribution in [2.24, 2.45) is 0 Å². The van der Waals surface area contributed by atoms with Crippen LogP contribution >= 0.6 is 0 Å². The Labute approximate surface area is 66.0 Å². The molecule has 0 atom stereocenters. The van der Waals surface area contributed by atoms with Gasteiger partial charge < -0.3 is 0 Å². The lowest BCUT2D eigenvalue weighted by atomic mass is 10.4. The van der Waals surface area contributed by atoms with Gasteiger partial charge >= 0.3 is 0 Å². The normalized spacial score (nSPS) is 11.5. The third kappa shape index (κ3) is 2.01. The summed E-state index contributed by atoms with van der Waals surface area (Å²) in [5, 5.41) is 0.137. The molecule has 1 aromatic rings. The molecule has 0 aliphatic heterocycles. The molecule has 1 aromatic heterocycles. The van der Waals surface area contributed by atoms with Crippen molar-refractivity contribution in [2.75, 3.05) is 6.26 Å². The molecule has 0 aliphatic rings. The first-order valence-electron chi connectivity index (χ1n) is 3.14. The molecular formula is C7H9NO2S. The van der Waals surface area contributed by atoms with Crippen LogP contribution < -0.4 is 0 Å². The first kappa shape index (κ1) is 8.20. The third-order valence-corrected chi connectivity index (χ3v) is 2.23. The van der Waals surface area contributed by atoms with Crippen LogP contribution in [-0.4, -0.2) is 19.7 Å². The molecule has 60 valence electrons. The number of nitrogens with zero attached hydrogens (tertiary/aromatic N) is 1. The predicted molar refractivity (Wildman–Crippen MR) is 42.1 cm³/mol. The van der Waals surface area contributed by atoms with E-state index in [4.69, 9.17) is 0 Å². The molecule has 3 nitrogen and oxygen atoms in total. The quantitative estimate of drug-likeness (QED) is 0.627. The van der Waals surface area contributed by atoms with E-state index in [2.05, 4.69) is 4.98 Å². The zero-order valence-electron chi connectivity index (χ0n) is 6.40. The van der Waals surface area contributed by atoms with E-state index in [0.717, 1.165) is 6.26 Å². The van der Waals surface area contributed by atoms with Gasteiger partial charge in [-0.3, -0.25) is 0 Å². The summed E-state index contributed by atoms with van der Waals surface area (Å²) < 4.78 is 21.8. The molecule has 0 saturated carbocycles. The van der Waals surface area contributed by atoms with Crippen molar-refractivity contribution in [1.82, 2.24) is 4.98 Å². The first-order valence-corrected chi connectivity index (χ1v) is 5.03. The largest absolute Gasteiger partial charge is 0.242 e. The molecule has 0 radical (unpaired) electrons. The zero-order chi connectivity index (χ0) is 8.48. The molecule has 0 bridgehead atoms. The zero-order valence-corrected chi connectivity index (χ0v) is 7.22. The standard InChI is InChI=1S/C7H9NO2S/c1-6-4-3-5-7(8-6)11(2,9)10/h3-5H,1-2H3. The molecule has 0 saturated heterocycles. The average molecular weight is 171 g/mol. The Balaban J connectivity index is 3.28. The lowest BCUT2D eigenvalue weighted by Gasteiger charge is -1.96. The molecule has 11 heavy (non-hydrogen) atoms. The maximum atomic E-state index is 10.9. The lowest BCUT2D eigenvalue weighted by Crippen LogP contribution is -2.00. The van der Waals surface area contributed by atoms with E-state index in [0.29, 0.717) is 5.69 Å². The number of aryl methyl sites for hydroxylation is 1. The molecule has 1 heterocycles. The highest BCUT2D eigenvalue weighted by atomic mass is 32.2. The van der Waals surface area contributed by atoms with Gasteiger partial charge in [0.25, 0.3) is 0 Å². The smallest absolute Gasteiger partial charge is 0.192 e. The third-order valence-electron chi connectivity index (χ3n) is 1.24. The highest BCUT2D eigenvalue weighted by molar-refractivity contribution is 7.90. The van der Waals surface area contributed by atoms with Crippen LogP contribution in [0.4, 0.5) is 0 Å². The van der Waals surface area contributed by atoms with Crippen LogP contribution in [-0.2, 0) is 9.84 Å². The summed E-state index contributed by atoms with van der Waals surface area (Å²) in [6.45, 7) is 1.76. The fourth-order valence-corrected chi connectivity index (χ4v) is 1.36. The SMILES string of the molecule is Cc1cccc(S(C)(=O)=O)n1. The van der Waals surface area contributed by atoms with Crippen LogP contribution in [0.5, 0.6) is 0 Å². The second-order valence-electron chi connectivity index (χ2n) is 2.39. The van der Waals surface area contributed by atoms with E-state index in [1.165, 1.54) is 6.07 Å². The number of aromatic nitrogens is 1. The van der Waals surface area contributed by atoms with Gasteiger partial charge in [-0.15, -0.1) is 0 Å². The van der Waals surface area contributed by atoms with E-state index in [1.807, 2.05) is 0 Å². The Morgan fingerprint density at radius 3 is 2.36 bits per heavy atom. The minimum Gasteiger partial charge on any atom is -0.242 e. The van der Waals surface area contributed by atoms with E-state index < -0.39 is 9.84 Å². The summed E-state index contributed by atoms with van der Waals surface area (Å²) in [5.41, 5.74) is 0.716. The van der Waals surface area contributed by atoms with Gasteiger partial charge in [0.2, 0.25) is 0 Å². The molecule has 0 unspecified atom stereocenters. The summed E-state index contributed by atoms with van der Waals surface area (Å²) in [6.07, 6.45) is 1.15. The van der Waals surface area contributed by atoms with Gasteiger partial charge in [0.1, 0.15) is 0 Å². The molecule has 0 spiro atoms. The number of hydrogen-bond acceptors (Lipinski definition) is 3. The molecule has 0 amide bonds. The number of hydrogen-bond donors (Lipinski definition) is 0. The average Bonchev–Trinajstić information content (AvgIpc) is 1.86. The van der Waals surface area contributed by atoms with Crippen molar-refractivity contribution < 1.29 is 8.42 Å². The Kier molecular flexibility index (Phi) is 1.95. The monoisotopic (exact) mass is 171 g/mol. The van der Waals surface area contributed by atoms with Gasteiger partial charge in [0.15, 0.2) is 14.9 Å². The lowest BCUT2D eigenvalue weighted by molar-refractivity contribution is 0.598.